The van der Waals surface area contributed by atoms with Crippen molar-refractivity contribution in [2.24, 2.45) is 0 Å². The summed E-state index contributed by atoms with van der Waals surface area (Å²) in [6, 6.07) is 4.08. The summed E-state index contributed by atoms with van der Waals surface area (Å²) < 4.78 is 0. The van der Waals surface area contributed by atoms with Crippen molar-refractivity contribution in [1.82, 2.24) is 10.6 Å². The lowest BCUT2D eigenvalue weighted by atomic mass is 10.1. The van der Waals surface area contributed by atoms with E-state index in [9.17, 15) is 19.7 Å². The van der Waals surface area contributed by atoms with E-state index in [4.69, 9.17) is 0 Å². The van der Waals surface area contributed by atoms with E-state index in [0.717, 1.165) is 0 Å². The van der Waals surface area contributed by atoms with E-state index in [1.165, 1.54) is 25.2 Å². The van der Waals surface area contributed by atoms with Crippen LogP contribution in [0.5, 0.6) is 0 Å². The van der Waals surface area contributed by atoms with Gasteiger partial charge >= 0.3 is 0 Å². The molecule has 0 saturated carbocycles. The molecule has 1 rings (SSSR count). The second kappa shape index (κ2) is 7.83. The third kappa shape index (κ3) is 4.75. The first kappa shape index (κ1) is 16.4. The minimum absolute atomic E-state index is 0.139. The summed E-state index contributed by atoms with van der Waals surface area (Å²) in [5, 5.41) is 18.9. The number of anilines is 1. The van der Waals surface area contributed by atoms with E-state index in [1.54, 1.807) is 6.92 Å². The molecule has 0 bridgehead atoms. The zero-order valence-corrected chi connectivity index (χ0v) is 11.9. The van der Waals surface area contributed by atoms with Gasteiger partial charge in [-0.15, -0.1) is 0 Å². The lowest BCUT2D eigenvalue weighted by Crippen LogP contribution is -2.23. The Morgan fingerprint density at radius 3 is 2.62 bits per heavy atom. The van der Waals surface area contributed by atoms with Crippen molar-refractivity contribution in [2.45, 2.75) is 13.3 Å². The standard InChI is InChI=1S/C13H18N4O4/c1-3-15-13(19)9-4-5-11(17(20)21)10(8-9)16-7-6-12(18)14-2/h4-5,8,16H,3,6-7H2,1-2H3,(H,14,18)(H,15,19). The van der Waals surface area contributed by atoms with Gasteiger partial charge in [0.15, 0.2) is 0 Å². The summed E-state index contributed by atoms with van der Waals surface area (Å²) in [7, 11) is 1.51. The molecular formula is C13H18N4O4. The SMILES string of the molecule is CCNC(=O)c1ccc([N+](=O)[O-])c(NCCC(=O)NC)c1. The number of nitrogens with zero attached hydrogens (tertiary/aromatic N) is 1. The number of benzene rings is 1. The van der Waals surface area contributed by atoms with Crippen molar-refractivity contribution in [1.29, 1.82) is 0 Å². The van der Waals surface area contributed by atoms with Crippen LogP contribution in [0.2, 0.25) is 0 Å². The molecule has 0 heterocycles. The number of amides is 2. The fourth-order valence-electron chi connectivity index (χ4n) is 1.68. The maximum absolute atomic E-state index is 11.7. The average molecular weight is 294 g/mol. The van der Waals surface area contributed by atoms with Crippen LogP contribution in [0.15, 0.2) is 18.2 Å². The molecule has 8 heteroatoms. The normalized spacial score (nSPS) is 9.81. The zero-order chi connectivity index (χ0) is 15.8. The highest BCUT2D eigenvalue weighted by atomic mass is 16.6. The van der Waals surface area contributed by atoms with Crippen molar-refractivity contribution < 1.29 is 14.5 Å². The first-order chi connectivity index (χ1) is 9.99. The molecule has 0 aliphatic carbocycles. The van der Waals surface area contributed by atoms with Crippen LogP contribution in [-0.4, -0.2) is 36.9 Å². The van der Waals surface area contributed by atoms with E-state index < -0.39 is 4.92 Å². The van der Waals surface area contributed by atoms with Crippen LogP contribution in [0.3, 0.4) is 0 Å². The minimum atomic E-state index is -0.538. The van der Waals surface area contributed by atoms with Gasteiger partial charge in [0.25, 0.3) is 11.6 Å². The molecule has 0 unspecified atom stereocenters. The van der Waals surface area contributed by atoms with E-state index >= 15 is 0 Å². The lowest BCUT2D eigenvalue weighted by Gasteiger charge is -2.09. The molecule has 0 aromatic heterocycles. The molecule has 0 radical (unpaired) electrons. The molecule has 3 N–H and O–H groups in total. The third-order valence-corrected chi connectivity index (χ3v) is 2.74. The van der Waals surface area contributed by atoms with Gasteiger partial charge in [0.2, 0.25) is 5.91 Å². The van der Waals surface area contributed by atoms with Gasteiger partial charge in [-0.05, 0) is 19.1 Å². The molecule has 114 valence electrons. The number of rotatable bonds is 7. The largest absolute Gasteiger partial charge is 0.379 e. The minimum Gasteiger partial charge on any atom is -0.379 e. The van der Waals surface area contributed by atoms with Crippen molar-refractivity contribution in [3.8, 4) is 0 Å². The first-order valence-electron chi connectivity index (χ1n) is 6.50. The van der Waals surface area contributed by atoms with Crippen LogP contribution in [0.4, 0.5) is 11.4 Å². The van der Waals surface area contributed by atoms with Crippen LogP contribution >= 0.6 is 0 Å². The molecule has 21 heavy (non-hydrogen) atoms. The number of carbonyl (C=O) groups is 2. The summed E-state index contributed by atoms with van der Waals surface area (Å²) in [6.07, 6.45) is 0.180. The van der Waals surface area contributed by atoms with Crippen LogP contribution in [0.25, 0.3) is 0 Å². The molecule has 0 aliphatic rings. The van der Waals surface area contributed by atoms with Crippen LogP contribution < -0.4 is 16.0 Å². The topological polar surface area (TPSA) is 113 Å². The van der Waals surface area contributed by atoms with Gasteiger partial charge in [0.05, 0.1) is 4.92 Å². The Kier molecular flexibility index (Phi) is 6.12. The molecule has 0 spiro atoms. The second-order valence-corrected chi connectivity index (χ2v) is 4.20. The zero-order valence-electron chi connectivity index (χ0n) is 11.9. The summed E-state index contributed by atoms with van der Waals surface area (Å²) in [4.78, 5) is 33.3. The molecule has 2 amide bonds. The third-order valence-electron chi connectivity index (χ3n) is 2.74. The van der Waals surface area contributed by atoms with Crippen LogP contribution in [-0.2, 0) is 4.79 Å². The molecule has 0 aliphatic heterocycles. The molecule has 0 atom stereocenters. The number of nitro groups is 1. The van der Waals surface area contributed by atoms with Crippen molar-refractivity contribution in [2.75, 3.05) is 25.5 Å². The van der Waals surface area contributed by atoms with Gasteiger partial charge in [-0.3, -0.25) is 19.7 Å². The highest BCUT2D eigenvalue weighted by Gasteiger charge is 2.16. The summed E-state index contributed by atoms with van der Waals surface area (Å²) >= 11 is 0. The van der Waals surface area contributed by atoms with E-state index in [0.29, 0.717) is 12.1 Å². The Balaban J connectivity index is 2.91. The maximum Gasteiger partial charge on any atom is 0.292 e. The fraction of sp³-hybridized carbons (Fsp3) is 0.385. The monoisotopic (exact) mass is 294 g/mol. The van der Waals surface area contributed by atoms with Gasteiger partial charge in [0.1, 0.15) is 5.69 Å². The van der Waals surface area contributed by atoms with Gasteiger partial charge in [0, 0.05) is 38.2 Å². The number of carbonyl (C=O) groups excluding carboxylic acids is 2. The Hall–Kier alpha value is -2.64. The Labute approximate surface area is 122 Å². The smallest absolute Gasteiger partial charge is 0.292 e. The molecule has 0 fully saturated rings. The molecular weight excluding hydrogens is 276 g/mol. The highest BCUT2D eigenvalue weighted by molar-refractivity contribution is 5.95. The summed E-state index contributed by atoms with van der Waals surface area (Å²) in [6.45, 7) is 2.49. The van der Waals surface area contributed by atoms with Crippen LogP contribution in [0, 0.1) is 10.1 Å². The summed E-state index contributed by atoms with van der Waals surface area (Å²) in [5.74, 6) is -0.480. The van der Waals surface area contributed by atoms with Gasteiger partial charge < -0.3 is 16.0 Å². The van der Waals surface area contributed by atoms with E-state index in [-0.39, 0.29) is 36.2 Å². The van der Waals surface area contributed by atoms with Gasteiger partial charge in [-0.25, -0.2) is 0 Å². The highest BCUT2D eigenvalue weighted by Crippen LogP contribution is 2.25. The van der Waals surface area contributed by atoms with Gasteiger partial charge in [-0.2, -0.15) is 0 Å². The van der Waals surface area contributed by atoms with E-state index in [2.05, 4.69) is 16.0 Å². The quantitative estimate of drug-likeness (QED) is 0.510. The number of nitrogens with one attached hydrogen (secondary N) is 3. The van der Waals surface area contributed by atoms with E-state index in [1.807, 2.05) is 0 Å². The van der Waals surface area contributed by atoms with Gasteiger partial charge in [-0.1, -0.05) is 0 Å². The number of hydrogen-bond donors (Lipinski definition) is 3. The van der Waals surface area contributed by atoms with Crippen molar-refractivity contribution in [3.05, 3.63) is 33.9 Å². The maximum atomic E-state index is 11.7. The Morgan fingerprint density at radius 2 is 2.05 bits per heavy atom. The average Bonchev–Trinajstić information content (AvgIpc) is 2.46. The molecule has 0 saturated heterocycles. The Bertz CT molecular complexity index is 545. The van der Waals surface area contributed by atoms with Crippen molar-refractivity contribution in [3.63, 3.8) is 0 Å². The summed E-state index contributed by atoms with van der Waals surface area (Å²) in [5.41, 5.74) is 0.400. The number of hydrogen-bond acceptors (Lipinski definition) is 5. The molecule has 1 aromatic carbocycles. The second-order valence-electron chi connectivity index (χ2n) is 4.20. The van der Waals surface area contributed by atoms with Crippen LogP contribution in [0.1, 0.15) is 23.7 Å². The number of nitro benzene ring substituents is 1. The van der Waals surface area contributed by atoms with Crippen molar-refractivity contribution >= 4 is 23.2 Å². The lowest BCUT2D eigenvalue weighted by molar-refractivity contribution is -0.384. The molecule has 8 nitrogen and oxygen atoms in total. The Morgan fingerprint density at radius 1 is 1.33 bits per heavy atom. The predicted octanol–water partition coefficient (Wildman–Crippen LogP) is 0.892. The molecule has 1 aromatic rings. The first-order valence-corrected chi connectivity index (χ1v) is 6.50. The predicted molar refractivity (Wildman–Crippen MR) is 78.3 cm³/mol. The fourth-order valence-corrected chi connectivity index (χ4v) is 1.68.